The second-order valence-corrected chi connectivity index (χ2v) is 13.3. The highest BCUT2D eigenvalue weighted by Crippen LogP contribution is 2.43. The number of carbonyl (C=O) groups is 3. The third-order valence-electron chi connectivity index (χ3n) is 8.30. The van der Waals surface area contributed by atoms with Crippen LogP contribution in [0.1, 0.15) is 88.2 Å². The summed E-state index contributed by atoms with van der Waals surface area (Å²) in [7, 11) is 0. The zero-order valence-corrected chi connectivity index (χ0v) is 26.8. The van der Waals surface area contributed by atoms with Gasteiger partial charge in [0, 0.05) is 12.1 Å². The molecule has 4 rings (SSSR count). The van der Waals surface area contributed by atoms with Crippen molar-refractivity contribution in [2.24, 2.45) is 11.8 Å². The van der Waals surface area contributed by atoms with Crippen molar-refractivity contribution in [3.63, 3.8) is 0 Å². The minimum absolute atomic E-state index is 0.0303. The molecule has 1 amide bonds. The van der Waals surface area contributed by atoms with Gasteiger partial charge in [-0.05, 0) is 87.8 Å². The average molecular weight is 638 g/mol. The third kappa shape index (κ3) is 7.13. The van der Waals surface area contributed by atoms with Crippen LogP contribution in [0.4, 0.5) is 19.4 Å². The molecule has 1 fully saturated rings. The van der Waals surface area contributed by atoms with E-state index >= 15 is 0 Å². The van der Waals surface area contributed by atoms with E-state index in [0.29, 0.717) is 24.5 Å². The summed E-state index contributed by atoms with van der Waals surface area (Å²) in [6, 6.07) is 11.3. The summed E-state index contributed by atoms with van der Waals surface area (Å²) in [6.07, 6.45) is 2.62. The predicted octanol–water partition coefficient (Wildman–Crippen LogP) is 6.73. The maximum Gasteiger partial charge on any atom is 0.411 e. The van der Waals surface area contributed by atoms with E-state index in [1.807, 2.05) is 13.8 Å². The van der Waals surface area contributed by atoms with E-state index < -0.39 is 51.7 Å². The van der Waals surface area contributed by atoms with Gasteiger partial charge in [0.25, 0.3) is 5.56 Å². The molecule has 3 aromatic rings. The molecule has 0 unspecified atom stereocenters. The molecule has 1 aliphatic carbocycles. The zero-order chi connectivity index (χ0) is 34.0. The van der Waals surface area contributed by atoms with E-state index in [1.165, 1.54) is 11.0 Å². The van der Waals surface area contributed by atoms with E-state index in [-0.39, 0.29) is 41.9 Å². The Bertz CT molecular complexity index is 1670. The molecule has 46 heavy (non-hydrogen) atoms. The van der Waals surface area contributed by atoms with Crippen LogP contribution in [-0.2, 0) is 16.1 Å². The molecule has 1 saturated carbocycles. The predicted molar refractivity (Wildman–Crippen MR) is 170 cm³/mol. The Kier molecular flexibility index (Phi) is 10.0. The number of hydrogen-bond acceptors (Lipinski definition) is 6. The van der Waals surface area contributed by atoms with Crippen molar-refractivity contribution >= 4 is 23.7 Å². The summed E-state index contributed by atoms with van der Waals surface area (Å²) in [4.78, 5) is 54.4. The molecular formula is C35H41F2N3O6. The molecule has 0 radical (unpaired) electrons. The van der Waals surface area contributed by atoms with Gasteiger partial charge in [-0.25, -0.2) is 18.4 Å². The van der Waals surface area contributed by atoms with Crippen LogP contribution in [0.15, 0.2) is 59.4 Å². The summed E-state index contributed by atoms with van der Waals surface area (Å²) >= 11 is 0. The number of benzene rings is 2. The van der Waals surface area contributed by atoms with Gasteiger partial charge >= 0.3 is 12.1 Å². The quantitative estimate of drug-likeness (QED) is 0.236. The molecule has 1 heterocycles. The Morgan fingerprint density at radius 1 is 1.00 bits per heavy atom. The number of anilines is 1. The van der Waals surface area contributed by atoms with Gasteiger partial charge < -0.3 is 15.6 Å². The Balaban J connectivity index is 1.74. The highest BCUT2D eigenvalue weighted by atomic mass is 19.1. The fourth-order valence-electron chi connectivity index (χ4n) is 6.35. The smallest absolute Gasteiger partial charge is 0.411 e. The van der Waals surface area contributed by atoms with Crippen molar-refractivity contribution in [3.05, 3.63) is 93.3 Å². The summed E-state index contributed by atoms with van der Waals surface area (Å²) in [5, 5.41) is 10.8. The van der Waals surface area contributed by atoms with Crippen molar-refractivity contribution in [1.29, 1.82) is 0 Å². The van der Waals surface area contributed by atoms with Gasteiger partial charge in [0.1, 0.15) is 28.6 Å². The Labute approximate surface area is 267 Å². The molecule has 0 saturated heterocycles. The SMILES string of the molecule is CC(C)C[C@@](C(=O)O)(C1CCCC1)N(Cc1ccc(-n2c(N)c(C(=O)c3ccc(F)cc3F)ccc2=O)cc1)C(=O)OC(C)(C)C. The molecule has 0 aliphatic heterocycles. The molecule has 3 N–H and O–H groups in total. The number of pyridine rings is 1. The molecule has 9 nitrogen and oxygen atoms in total. The lowest BCUT2D eigenvalue weighted by molar-refractivity contribution is -0.158. The van der Waals surface area contributed by atoms with Crippen LogP contribution in [0.25, 0.3) is 5.69 Å². The number of ketones is 1. The number of ether oxygens (including phenoxy) is 1. The summed E-state index contributed by atoms with van der Waals surface area (Å²) < 4.78 is 34.6. The number of hydrogen-bond donors (Lipinski definition) is 2. The lowest BCUT2D eigenvalue weighted by Gasteiger charge is -2.46. The Hall–Kier alpha value is -4.54. The molecule has 11 heteroatoms. The average Bonchev–Trinajstić information content (AvgIpc) is 3.50. The minimum Gasteiger partial charge on any atom is -0.479 e. The lowest BCUT2D eigenvalue weighted by atomic mass is 9.75. The van der Waals surface area contributed by atoms with Gasteiger partial charge in [0.2, 0.25) is 0 Å². The molecule has 2 aromatic carbocycles. The maximum atomic E-state index is 14.4. The number of nitrogens with zero attached hydrogens (tertiary/aromatic N) is 2. The topological polar surface area (TPSA) is 132 Å². The molecule has 246 valence electrons. The number of rotatable bonds is 10. The Morgan fingerprint density at radius 3 is 2.15 bits per heavy atom. The van der Waals surface area contributed by atoms with Crippen LogP contribution in [0.5, 0.6) is 0 Å². The first-order valence-electron chi connectivity index (χ1n) is 15.4. The molecule has 1 aromatic heterocycles. The number of nitrogen functional groups attached to an aromatic ring is 1. The van der Waals surface area contributed by atoms with Crippen molar-refractivity contribution in [1.82, 2.24) is 9.47 Å². The first kappa shape index (κ1) is 34.3. The number of carboxylic acids is 1. The maximum absolute atomic E-state index is 14.4. The van der Waals surface area contributed by atoms with Crippen LogP contribution in [0.3, 0.4) is 0 Å². The van der Waals surface area contributed by atoms with Crippen molar-refractivity contribution < 1.29 is 33.0 Å². The fourth-order valence-corrected chi connectivity index (χ4v) is 6.35. The highest BCUT2D eigenvalue weighted by Gasteiger charge is 2.54. The Morgan fingerprint density at radius 2 is 1.61 bits per heavy atom. The summed E-state index contributed by atoms with van der Waals surface area (Å²) in [5.41, 5.74) is 3.65. The van der Waals surface area contributed by atoms with Crippen LogP contribution in [0.2, 0.25) is 0 Å². The number of carboxylic acid groups (broad SMARTS) is 1. The largest absolute Gasteiger partial charge is 0.479 e. The second kappa shape index (κ2) is 13.4. The number of aliphatic carboxylic acids is 1. The lowest BCUT2D eigenvalue weighted by Crippen LogP contribution is -2.62. The molecule has 0 spiro atoms. The van der Waals surface area contributed by atoms with Gasteiger partial charge in [0.05, 0.1) is 23.4 Å². The van der Waals surface area contributed by atoms with Gasteiger partial charge in [-0.2, -0.15) is 0 Å². The normalized spacial score (nSPS) is 15.0. The van der Waals surface area contributed by atoms with Crippen molar-refractivity contribution in [2.45, 2.75) is 84.4 Å². The molecule has 1 aliphatic rings. The van der Waals surface area contributed by atoms with E-state index in [2.05, 4.69) is 0 Å². The fraction of sp³-hybridized carbons (Fsp3) is 0.429. The first-order chi connectivity index (χ1) is 21.5. The monoisotopic (exact) mass is 637 g/mol. The van der Waals surface area contributed by atoms with Crippen LogP contribution in [0, 0.1) is 23.5 Å². The van der Waals surface area contributed by atoms with Gasteiger partial charge in [-0.1, -0.05) is 38.8 Å². The number of aromatic nitrogens is 1. The molecule has 0 bridgehead atoms. The van der Waals surface area contributed by atoms with Gasteiger partial charge in [-0.15, -0.1) is 0 Å². The zero-order valence-electron chi connectivity index (χ0n) is 26.8. The number of carbonyl (C=O) groups excluding carboxylic acids is 2. The summed E-state index contributed by atoms with van der Waals surface area (Å²) in [6.45, 7) is 8.97. The highest BCUT2D eigenvalue weighted by molar-refractivity contribution is 6.11. The first-order valence-corrected chi connectivity index (χ1v) is 15.4. The van der Waals surface area contributed by atoms with Crippen LogP contribution >= 0.6 is 0 Å². The minimum atomic E-state index is -1.50. The van der Waals surface area contributed by atoms with Crippen molar-refractivity contribution in [2.75, 3.05) is 5.73 Å². The third-order valence-corrected chi connectivity index (χ3v) is 8.30. The number of nitrogens with two attached hydrogens (primary N) is 1. The van der Waals surface area contributed by atoms with Crippen LogP contribution in [-0.4, -0.2) is 43.6 Å². The van der Waals surface area contributed by atoms with E-state index in [9.17, 15) is 33.1 Å². The van der Waals surface area contributed by atoms with E-state index in [4.69, 9.17) is 10.5 Å². The number of halogens is 2. The van der Waals surface area contributed by atoms with Crippen LogP contribution < -0.4 is 11.3 Å². The standard InChI is InChI=1S/C35H41F2N3O6/c1-21(2)19-35(32(43)44,23-8-6-7-9-23)39(33(45)46-34(3,4)5)20-22-10-13-25(14-11-22)40-29(41)17-16-27(31(40)38)30(42)26-15-12-24(36)18-28(26)37/h10-18,21,23H,6-9,19-20,38H2,1-5H3,(H,43,44)/t35-/m0/s1. The van der Waals surface area contributed by atoms with E-state index in [1.54, 1.807) is 45.0 Å². The second-order valence-electron chi connectivity index (χ2n) is 13.3. The van der Waals surface area contributed by atoms with Gasteiger partial charge in [-0.3, -0.25) is 19.1 Å². The molecular weight excluding hydrogens is 596 g/mol. The summed E-state index contributed by atoms with van der Waals surface area (Å²) in [5.74, 6) is -4.34. The van der Waals surface area contributed by atoms with E-state index in [0.717, 1.165) is 35.6 Å². The molecule has 1 atom stereocenters. The van der Waals surface area contributed by atoms with Crippen molar-refractivity contribution in [3.8, 4) is 5.69 Å². The number of amides is 1. The van der Waals surface area contributed by atoms with Gasteiger partial charge in [0.15, 0.2) is 5.78 Å².